The van der Waals surface area contributed by atoms with Gasteiger partial charge in [-0.2, -0.15) is 0 Å². The standard InChI is InChI=1S/C22H19ClN2O3/c1-3-27-20(26)11-19-17-12-24-22(14-6-4-13(2)5-7-14)25-21(17)16-10-15(23)8-9-18(16)28-19/h4-10,12,19H,3,11H2,1-2H3. The minimum Gasteiger partial charge on any atom is -0.484 e. The number of ether oxygens (including phenoxy) is 2. The first kappa shape index (κ1) is 18.4. The van der Waals surface area contributed by atoms with Crippen LogP contribution in [0.3, 0.4) is 0 Å². The molecular weight excluding hydrogens is 376 g/mol. The number of hydrogen-bond acceptors (Lipinski definition) is 5. The van der Waals surface area contributed by atoms with Gasteiger partial charge in [0.05, 0.1) is 18.7 Å². The number of esters is 1. The van der Waals surface area contributed by atoms with E-state index >= 15 is 0 Å². The van der Waals surface area contributed by atoms with Crippen LogP contribution in [-0.4, -0.2) is 22.5 Å². The molecule has 4 rings (SSSR count). The SMILES string of the molecule is CCOC(=O)CC1Oc2ccc(Cl)cc2-c2nc(-c3ccc(C)cc3)ncc21. The second-order valence-corrected chi connectivity index (χ2v) is 7.06. The van der Waals surface area contributed by atoms with E-state index < -0.39 is 6.10 Å². The van der Waals surface area contributed by atoms with Gasteiger partial charge in [0, 0.05) is 27.9 Å². The highest BCUT2D eigenvalue weighted by molar-refractivity contribution is 6.31. The predicted octanol–water partition coefficient (Wildman–Crippen LogP) is 5.16. The number of halogens is 1. The first-order chi connectivity index (χ1) is 13.5. The van der Waals surface area contributed by atoms with E-state index in [4.69, 9.17) is 26.1 Å². The molecule has 28 heavy (non-hydrogen) atoms. The van der Waals surface area contributed by atoms with Gasteiger partial charge in [-0.05, 0) is 32.0 Å². The van der Waals surface area contributed by atoms with Crippen LogP contribution < -0.4 is 4.74 Å². The van der Waals surface area contributed by atoms with Crippen LogP contribution in [0.1, 0.15) is 30.6 Å². The summed E-state index contributed by atoms with van der Waals surface area (Å²) < 4.78 is 11.1. The van der Waals surface area contributed by atoms with Gasteiger partial charge in [0.25, 0.3) is 0 Å². The molecule has 0 radical (unpaired) electrons. The van der Waals surface area contributed by atoms with Crippen molar-refractivity contribution in [3.05, 3.63) is 64.8 Å². The number of aryl methyl sites for hydroxylation is 1. The van der Waals surface area contributed by atoms with E-state index in [9.17, 15) is 4.79 Å². The number of carbonyl (C=O) groups is 1. The quantitative estimate of drug-likeness (QED) is 0.572. The number of nitrogens with zero attached hydrogens (tertiary/aromatic N) is 2. The average Bonchev–Trinajstić information content (AvgIpc) is 2.69. The zero-order chi connectivity index (χ0) is 19.7. The van der Waals surface area contributed by atoms with Gasteiger partial charge in [-0.15, -0.1) is 0 Å². The molecule has 1 unspecified atom stereocenters. The second kappa shape index (κ2) is 7.60. The third-order valence-corrected chi connectivity index (χ3v) is 4.83. The van der Waals surface area contributed by atoms with E-state index in [1.54, 1.807) is 25.3 Å². The minimum absolute atomic E-state index is 0.0934. The van der Waals surface area contributed by atoms with Crippen molar-refractivity contribution < 1.29 is 14.3 Å². The first-order valence-corrected chi connectivity index (χ1v) is 9.49. The van der Waals surface area contributed by atoms with Crippen molar-refractivity contribution in [2.24, 2.45) is 0 Å². The van der Waals surface area contributed by atoms with Gasteiger partial charge in [-0.3, -0.25) is 4.79 Å². The molecule has 0 saturated carbocycles. The van der Waals surface area contributed by atoms with Gasteiger partial charge >= 0.3 is 5.97 Å². The molecule has 5 nitrogen and oxygen atoms in total. The zero-order valence-electron chi connectivity index (χ0n) is 15.6. The van der Waals surface area contributed by atoms with Crippen LogP contribution in [-0.2, 0) is 9.53 Å². The highest BCUT2D eigenvalue weighted by Gasteiger charge is 2.30. The van der Waals surface area contributed by atoms with Crippen molar-refractivity contribution in [2.45, 2.75) is 26.4 Å². The Hall–Kier alpha value is -2.92. The predicted molar refractivity (Wildman–Crippen MR) is 107 cm³/mol. The molecule has 0 spiro atoms. The maximum Gasteiger partial charge on any atom is 0.309 e. The first-order valence-electron chi connectivity index (χ1n) is 9.11. The maximum absolute atomic E-state index is 12.0. The summed E-state index contributed by atoms with van der Waals surface area (Å²) in [6.07, 6.45) is 1.32. The molecular formula is C22H19ClN2O3. The lowest BCUT2D eigenvalue weighted by atomic mass is 9.97. The maximum atomic E-state index is 12.0. The van der Waals surface area contributed by atoms with Crippen molar-refractivity contribution in [3.8, 4) is 28.4 Å². The third-order valence-electron chi connectivity index (χ3n) is 4.60. The molecule has 0 bridgehead atoms. The number of aromatic nitrogens is 2. The van der Waals surface area contributed by atoms with Crippen molar-refractivity contribution in [2.75, 3.05) is 6.61 Å². The Morgan fingerprint density at radius 1 is 1.21 bits per heavy atom. The Balaban J connectivity index is 1.80. The van der Waals surface area contributed by atoms with E-state index in [1.165, 1.54) is 5.56 Å². The van der Waals surface area contributed by atoms with E-state index in [1.807, 2.05) is 37.3 Å². The lowest BCUT2D eigenvalue weighted by Crippen LogP contribution is -2.20. The molecule has 2 heterocycles. The molecule has 142 valence electrons. The van der Waals surface area contributed by atoms with E-state index in [2.05, 4.69) is 4.98 Å². The third kappa shape index (κ3) is 3.58. The summed E-state index contributed by atoms with van der Waals surface area (Å²) in [7, 11) is 0. The van der Waals surface area contributed by atoms with E-state index in [0.29, 0.717) is 23.2 Å². The smallest absolute Gasteiger partial charge is 0.309 e. The Labute approximate surface area is 168 Å². The molecule has 1 aliphatic heterocycles. The molecule has 0 fully saturated rings. The highest BCUT2D eigenvalue weighted by Crippen LogP contribution is 2.43. The summed E-state index contributed by atoms with van der Waals surface area (Å²) in [5.41, 5.74) is 4.35. The Morgan fingerprint density at radius 3 is 2.75 bits per heavy atom. The molecule has 0 saturated heterocycles. The van der Waals surface area contributed by atoms with Gasteiger partial charge in [0.1, 0.15) is 11.9 Å². The Bertz CT molecular complexity index is 1030. The Morgan fingerprint density at radius 2 is 2.00 bits per heavy atom. The van der Waals surface area contributed by atoms with Gasteiger partial charge in [0.2, 0.25) is 0 Å². The van der Waals surface area contributed by atoms with Crippen LogP contribution in [0.2, 0.25) is 5.02 Å². The molecule has 0 amide bonds. The largest absolute Gasteiger partial charge is 0.484 e. The van der Waals surface area contributed by atoms with Gasteiger partial charge < -0.3 is 9.47 Å². The van der Waals surface area contributed by atoms with E-state index in [-0.39, 0.29) is 12.4 Å². The molecule has 6 heteroatoms. The topological polar surface area (TPSA) is 61.3 Å². The van der Waals surface area contributed by atoms with Crippen LogP contribution in [0.15, 0.2) is 48.7 Å². The fraction of sp³-hybridized carbons (Fsp3) is 0.227. The van der Waals surface area contributed by atoms with Crippen LogP contribution in [0, 0.1) is 6.92 Å². The van der Waals surface area contributed by atoms with Crippen LogP contribution in [0.25, 0.3) is 22.6 Å². The summed E-state index contributed by atoms with van der Waals surface area (Å²) in [5.74, 6) is 0.930. The van der Waals surface area contributed by atoms with E-state index in [0.717, 1.165) is 22.4 Å². The number of hydrogen-bond donors (Lipinski definition) is 0. The lowest BCUT2D eigenvalue weighted by Gasteiger charge is -2.27. The van der Waals surface area contributed by atoms with Crippen molar-refractivity contribution in [3.63, 3.8) is 0 Å². The number of fused-ring (bicyclic) bond motifs is 3. The van der Waals surface area contributed by atoms with Crippen LogP contribution in [0.5, 0.6) is 5.75 Å². The molecule has 1 atom stereocenters. The summed E-state index contributed by atoms with van der Waals surface area (Å²) >= 11 is 6.21. The molecule has 0 N–H and O–H groups in total. The van der Waals surface area contributed by atoms with Gasteiger partial charge in [-0.1, -0.05) is 41.4 Å². The fourth-order valence-corrected chi connectivity index (χ4v) is 3.39. The minimum atomic E-state index is -0.505. The van der Waals surface area contributed by atoms with Crippen molar-refractivity contribution >= 4 is 17.6 Å². The number of carbonyl (C=O) groups excluding carboxylic acids is 1. The summed E-state index contributed by atoms with van der Waals surface area (Å²) in [6.45, 7) is 4.14. The van der Waals surface area contributed by atoms with Crippen molar-refractivity contribution in [1.82, 2.24) is 9.97 Å². The second-order valence-electron chi connectivity index (χ2n) is 6.62. The summed E-state index contributed by atoms with van der Waals surface area (Å²) in [4.78, 5) is 21.4. The summed E-state index contributed by atoms with van der Waals surface area (Å²) in [6, 6.07) is 13.4. The molecule has 1 aromatic heterocycles. The lowest BCUT2D eigenvalue weighted by molar-refractivity contribution is -0.145. The fourth-order valence-electron chi connectivity index (χ4n) is 3.21. The highest BCUT2D eigenvalue weighted by atomic mass is 35.5. The number of benzene rings is 2. The van der Waals surface area contributed by atoms with Gasteiger partial charge in [-0.25, -0.2) is 9.97 Å². The van der Waals surface area contributed by atoms with Crippen molar-refractivity contribution in [1.29, 1.82) is 0 Å². The van der Waals surface area contributed by atoms with Crippen LogP contribution in [0.4, 0.5) is 0 Å². The monoisotopic (exact) mass is 394 g/mol. The van der Waals surface area contributed by atoms with Crippen LogP contribution >= 0.6 is 11.6 Å². The zero-order valence-corrected chi connectivity index (χ0v) is 16.4. The Kier molecular flexibility index (Phi) is 5.01. The molecule has 3 aromatic rings. The molecule has 2 aromatic carbocycles. The van der Waals surface area contributed by atoms with Gasteiger partial charge in [0.15, 0.2) is 5.82 Å². The molecule has 1 aliphatic rings. The average molecular weight is 395 g/mol. The normalized spacial score (nSPS) is 14.6. The number of rotatable bonds is 4. The summed E-state index contributed by atoms with van der Waals surface area (Å²) in [5, 5.41) is 0.590. The molecule has 0 aliphatic carbocycles.